The summed E-state index contributed by atoms with van der Waals surface area (Å²) in [6.07, 6.45) is 4.82. The number of carbonyl (C=O) groups excluding carboxylic acids is 1. The molecule has 8 nitrogen and oxygen atoms in total. The van der Waals surface area contributed by atoms with Crippen molar-refractivity contribution in [2.24, 2.45) is 12.8 Å². The Balaban J connectivity index is 1.84. The molecule has 134 valence electrons. The van der Waals surface area contributed by atoms with Crippen LogP contribution in [0.2, 0.25) is 5.02 Å². The summed E-state index contributed by atoms with van der Waals surface area (Å²) in [5.41, 5.74) is 8.33. The molecule has 0 bridgehead atoms. The fourth-order valence-electron chi connectivity index (χ4n) is 2.39. The summed E-state index contributed by atoms with van der Waals surface area (Å²) in [6.45, 7) is 2.37. The van der Waals surface area contributed by atoms with Gasteiger partial charge in [0.2, 0.25) is 5.95 Å². The third-order valence-electron chi connectivity index (χ3n) is 3.84. The fraction of sp³-hybridized carbons (Fsp3) is 0.176. The number of hydrogen-bond acceptors (Lipinski definition) is 6. The van der Waals surface area contributed by atoms with Gasteiger partial charge in [-0.15, -0.1) is 0 Å². The second-order valence-electron chi connectivity index (χ2n) is 5.73. The van der Waals surface area contributed by atoms with Crippen LogP contribution in [0.4, 0.5) is 17.5 Å². The van der Waals surface area contributed by atoms with E-state index in [1.54, 1.807) is 17.1 Å². The predicted octanol–water partition coefficient (Wildman–Crippen LogP) is 2.63. The van der Waals surface area contributed by atoms with Crippen molar-refractivity contribution in [1.82, 2.24) is 19.7 Å². The molecule has 0 aliphatic heterocycles. The Labute approximate surface area is 155 Å². The molecule has 0 saturated carbocycles. The van der Waals surface area contributed by atoms with Crippen LogP contribution < -0.4 is 16.4 Å². The Morgan fingerprint density at radius 1 is 1.35 bits per heavy atom. The van der Waals surface area contributed by atoms with Crippen molar-refractivity contribution in [3.63, 3.8) is 0 Å². The van der Waals surface area contributed by atoms with Crippen molar-refractivity contribution in [1.29, 1.82) is 0 Å². The summed E-state index contributed by atoms with van der Waals surface area (Å²) in [5, 5.41) is 10.9. The SMILES string of the molecule is Cc1c(Cl)cccc1CNc1nc(Nc2cnn(C)c2)ncc1C(N)=O. The molecule has 3 rings (SSSR count). The van der Waals surface area contributed by atoms with Crippen molar-refractivity contribution in [3.05, 3.63) is 58.5 Å². The summed E-state index contributed by atoms with van der Waals surface area (Å²) >= 11 is 6.15. The molecule has 0 saturated heterocycles. The van der Waals surface area contributed by atoms with Gasteiger partial charge in [0, 0.05) is 31.0 Å². The molecule has 0 radical (unpaired) electrons. The summed E-state index contributed by atoms with van der Waals surface area (Å²) in [5.74, 6) is 0.0647. The first-order valence-corrected chi connectivity index (χ1v) is 8.22. The highest BCUT2D eigenvalue weighted by Crippen LogP contribution is 2.21. The van der Waals surface area contributed by atoms with E-state index in [-0.39, 0.29) is 5.56 Å². The number of primary amides is 1. The van der Waals surface area contributed by atoms with Crippen LogP contribution in [-0.2, 0) is 13.6 Å². The number of rotatable bonds is 6. The second-order valence-corrected chi connectivity index (χ2v) is 6.13. The maximum Gasteiger partial charge on any atom is 0.254 e. The second kappa shape index (κ2) is 7.40. The first-order valence-electron chi connectivity index (χ1n) is 7.84. The Morgan fingerprint density at radius 2 is 2.15 bits per heavy atom. The normalized spacial score (nSPS) is 10.6. The standard InChI is InChI=1S/C17H18ClN7O/c1-10-11(4-3-5-14(10)18)6-20-16-13(15(19)26)8-21-17(24-16)23-12-7-22-25(2)9-12/h3-5,7-9H,6H2,1-2H3,(H2,19,26)(H2,20,21,23,24). The van der Waals surface area contributed by atoms with Gasteiger partial charge in [-0.2, -0.15) is 10.1 Å². The summed E-state index contributed by atoms with van der Waals surface area (Å²) < 4.78 is 1.65. The largest absolute Gasteiger partial charge is 0.365 e. The molecule has 0 spiro atoms. The van der Waals surface area contributed by atoms with Crippen LogP contribution in [0.25, 0.3) is 0 Å². The Kier molecular flexibility index (Phi) is 5.04. The molecule has 0 aliphatic rings. The Bertz CT molecular complexity index is 954. The molecule has 2 heterocycles. The molecule has 3 aromatic rings. The van der Waals surface area contributed by atoms with E-state index in [0.29, 0.717) is 23.3 Å². The van der Waals surface area contributed by atoms with Crippen LogP contribution in [0.3, 0.4) is 0 Å². The first-order chi connectivity index (χ1) is 12.4. The van der Waals surface area contributed by atoms with E-state index in [2.05, 4.69) is 25.7 Å². The summed E-state index contributed by atoms with van der Waals surface area (Å²) in [6, 6.07) is 5.65. The molecule has 0 aliphatic carbocycles. The Morgan fingerprint density at radius 3 is 2.85 bits per heavy atom. The van der Waals surface area contributed by atoms with Gasteiger partial charge in [0.15, 0.2) is 0 Å². The quantitative estimate of drug-likeness (QED) is 0.614. The maximum absolute atomic E-state index is 11.7. The zero-order valence-electron chi connectivity index (χ0n) is 14.3. The average molecular weight is 372 g/mol. The zero-order chi connectivity index (χ0) is 18.7. The van der Waals surface area contributed by atoms with Gasteiger partial charge in [-0.05, 0) is 24.1 Å². The highest BCUT2D eigenvalue weighted by molar-refractivity contribution is 6.31. The molecule has 26 heavy (non-hydrogen) atoms. The fourth-order valence-corrected chi connectivity index (χ4v) is 2.59. The molecule has 4 N–H and O–H groups in total. The summed E-state index contributed by atoms with van der Waals surface area (Å²) in [4.78, 5) is 20.2. The minimum Gasteiger partial charge on any atom is -0.365 e. The Hall–Kier alpha value is -3.13. The number of hydrogen-bond donors (Lipinski definition) is 3. The number of amides is 1. The molecular formula is C17H18ClN7O. The van der Waals surface area contributed by atoms with E-state index in [9.17, 15) is 4.79 Å². The first kappa shape index (κ1) is 17.7. The monoisotopic (exact) mass is 371 g/mol. The topological polar surface area (TPSA) is 111 Å². The van der Waals surface area contributed by atoms with Crippen LogP contribution in [0, 0.1) is 6.92 Å². The van der Waals surface area contributed by atoms with E-state index in [0.717, 1.165) is 16.8 Å². The van der Waals surface area contributed by atoms with Gasteiger partial charge in [-0.1, -0.05) is 23.7 Å². The smallest absolute Gasteiger partial charge is 0.254 e. The van der Waals surface area contributed by atoms with Gasteiger partial charge >= 0.3 is 0 Å². The number of nitrogens with two attached hydrogens (primary N) is 1. The lowest BCUT2D eigenvalue weighted by Gasteiger charge is -2.12. The minimum absolute atomic E-state index is 0.210. The molecule has 0 fully saturated rings. The van der Waals surface area contributed by atoms with Crippen LogP contribution in [0.5, 0.6) is 0 Å². The third-order valence-corrected chi connectivity index (χ3v) is 4.25. The molecule has 9 heteroatoms. The predicted molar refractivity (Wildman–Crippen MR) is 101 cm³/mol. The van der Waals surface area contributed by atoms with Gasteiger partial charge in [0.1, 0.15) is 5.82 Å². The molecule has 1 amide bonds. The van der Waals surface area contributed by atoms with Gasteiger partial charge in [-0.25, -0.2) is 4.98 Å². The maximum atomic E-state index is 11.7. The number of benzene rings is 1. The zero-order valence-corrected chi connectivity index (χ0v) is 15.1. The lowest BCUT2D eigenvalue weighted by Crippen LogP contribution is -2.17. The highest BCUT2D eigenvalue weighted by Gasteiger charge is 2.13. The van der Waals surface area contributed by atoms with Crippen LogP contribution in [0.15, 0.2) is 36.8 Å². The van der Waals surface area contributed by atoms with Gasteiger partial charge < -0.3 is 16.4 Å². The minimum atomic E-state index is -0.608. The van der Waals surface area contributed by atoms with Crippen LogP contribution in [-0.4, -0.2) is 25.7 Å². The number of anilines is 3. The van der Waals surface area contributed by atoms with Crippen molar-refractivity contribution in [3.8, 4) is 0 Å². The lowest BCUT2D eigenvalue weighted by molar-refractivity contribution is 0.100. The van der Waals surface area contributed by atoms with E-state index in [4.69, 9.17) is 17.3 Å². The van der Waals surface area contributed by atoms with E-state index in [1.165, 1.54) is 6.20 Å². The molecule has 2 aromatic heterocycles. The average Bonchev–Trinajstić information content (AvgIpc) is 3.01. The molecule has 0 unspecified atom stereocenters. The molecule has 1 aromatic carbocycles. The highest BCUT2D eigenvalue weighted by atomic mass is 35.5. The van der Waals surface area contributed by atoms with E-state index >= 15 is 0 Å². The van der Waals surface area contributed by atoms with Crippen molar-refractivity contribution < 1.29 is 4.79 Å². The number of carbonyl (C=O) groups is 1. The van der Waals surface area contributed by atoms with Crippen molar-refractivity contribution >= 4 is 35.0 Å². The van der Waals surface area contributed by atoms with Gasteiger partial charge in [-0.3, -0.25) is 9.48 Å². The van der Waals surface area contributed by atoms with Crippen molar-refractivity contribution in [2.75, 3.05) is 10.6 Å². The van der Waals surface area contributed by atoms with Crippen molar-refractivity contribution in [2.45, 2.75) is 13.5 Å². The third kappa shape index (κ3) is 3.92. The number of aromatic nitrogens is 4. The summed E-state index contributed by atoms with van der Waals surface area (Å²) in [7, 11) is 1.81. The number of aryl methyl sites for hydroxylation is 1. The molecule has 0 atom stereocenters. The number of nitrogens with one attached hydrogen (secondary N) is 2. The van der Waals surface area contributed by atoms with E-state index in [1.807, 2.05) is 32.2 Å². The lowest BCUT2D eigenvalue weighted by atomic mass is 10.1. The molecular weight excluding hydrogens is 354 g/mol. The van der Waals surface area contributed by atoms with Gasteiger partial charge in [0.05, 0.1) is 17.4 Å². The van der Waals surface area contributed by atoms with Crippen LogP contribution >= 0.6 is 11.6 Å². The number of nitrogens with zero attached hydrogens (tertiary/aromatic N) is 4. The van der Waals surface area contributed by atoms with E-state index < -0.39 is 5.91 Å². The van der Waals surface area contributed by atoms with Gasteiger partial charge in [0.25, 0.3) is 5.91 Å². The van der Waals surface area contributed by atoms with Crippen LogP contribution in [0.1, 0.15) is 21.5 Å². The number of halogens is 1.